The van der Waals surface area contributed by atoms with Gasteiger partial charge in [-0.05, 0) is 13.8 Å². The first kappa shape index (κ1) is 12.2. The molecule has 0 aliphatic carbocycles. The third kappa shape index (κ3) is 4.72. The molecule has 0 bridgehead atoms. The van der Waals surface area contributed by atoms with Crippen LogP contribution in [0.2, 0.25) is 0 Å². The van der Waals surface area contributed by atoms with Gasteiger partial charge in [0.2, 0.25) is 0 Å². The maximum Gasteiger partial charge on any atom is 0.435 e. The van der Waals surface area contributed by atoms with E-state index >= 15 is 0 Å². The number of rotatable bonds is 4. The van der Waals surface area contributed by atoms with Gasteiger partial charge in [-0.1, -0.05) is 23.7 Å². The molecule has 0 rings (SSSR count). The molecule has 0 fully saturated rings. The highest BCUT2D eigenvalue weighted by Crippen LogP contribution is 1.97. The minimum absolute atomic E-state index is 0.292. The summed E-state index contributed by atoms with van der Waals surface area (Å²) in [5.74, 6) is 0. The van der Waals surface area contributed by atoms with Crippen molar-refractivity contribution in [3.8, 4) is 0 Å². The molecule has 5 heteroatoms. The quantitative estimate of drug-likeness (QED) is 0.403. The minimum atomic E-state index is -0.461. The smallest absolute Gasteiger partial charge is 0.307 e. The SMILES string of the molecule is CC/C(Cl)=N\OC(=O)N(CC)CC. The molecule has 0 radical (unpaired) electrons. The van der Waals surface area contributed by atoms with Gasteiger partial charge >= 0.3 is 6.09 Å². The molecule has 0 aliphatic rings. The maximum absolute atomic E-state index is 11.2. The fourth-order valence-electron chi connectivity index (χ4n) is 0.693. The average molecular weight is 207 g/mol. The highest BCUT2D eigenvalue weighted by molar-refractivity contribution is 6.65. The van der Waals surface area contributed by atoms with E-state index in [1.54, 1.807) is 0 Å². The largest absolute Gasteiger partial charge is 0.435 e. The number of nitrogens with zero attached hydrogens (tertiary/aromatic N) is 2. The molecule has 0 N–H and O–H groups in total. The Morgan fingerprint density at radius 2 is 1.92 bits per heavy atom. The van der Waals surface area contributed by atoms with Gasteiger partial charge in [-0.15, -0.1) is 0 Å². The summed E-state index contributed by atoms with van der Waals surface area (Å²) in [6, 6.07) is 0. The van der Waals surface area contributed by atoms with E-state index in [1.807, 2.05) is 20.8 Å². The van der Waals surface area contributed by atoms with E-state index in [0.29, 0.717) is 24.7 Å². The lowest BCUT2D eigenvalue weighted by atomic mass is 10.5. The van der Waals surface area contributed by atoms with Crippen molar-refractivity contribution < 1.29 is 9.63 Å². The van der Waals surface area contributed by atoms with Crippen molar-refractivity contribution in [2.45, 2.75) is 27.2 Å². The van der Waals surface area contributed by atoms with Crippen LogP contribution in [0, 0.1) is 0 Å². The summed E-state index contributed by atoms with van der Waals surface area (Å²) in [4.78, 5) is 17.3. The number of carbonyl (C=O) groups is 1. The molecule has 0 aromatic heterocycles. The number of halogens is 1. The zero-order chi connectivity index (χ0) is 10.3. The first-order chi connectivity index (χ1) is 6.15. The van der Waals surface area contributed by atoms with Gasteiger partial charge in [0, 0.05) is 19.5 Å². The van der Waals surface area contributed by atoms with E-state index in [1.165, 1.54) is 4.90 Å². The van der Waals surface area contributed by atoms with Crippen molar-refractivity contribution in [3.63, 3.8) is 0 Å². The van der Waals surface area contributed by atoms with Crippen molar-refractivity contribution in [3.05, 3.63) is 0 Å². The Morgan fingerprint density at radius 1 is 1.38 bits per heavy atom. The van der Waals surface area contributed by atoms with Crippen LogP contribution in [0.25, 0.3) is 0 Å². The van der Waals surface area contributed by atoms with Gasteiger partial charge in [-0.3, -0.25) is 4.84 Å². The molecule has 13 heavy (non-hydrogen) atoms. The average Bonchev–Trinajstić information content (AvgIpc) is 2.16. The Balaban J connectivity index is 3.99. The lowest BCUT2D eigenvalue weighted by Gasteiger charge is -2.15. The topological polar surface area (TPSA) is 41.9 Å². The van der Waals surface area contributed by atoms with Gasteiger partial charge in [0.15, 0.2) is 0 Å². The van der Waals surface area contributed by atoms with Crippen LogP contribution >= 0.6 is 11.6 Å². The molecule has 0 heterocycles. The fourth-order valence-corrected chi connectivity index (χ4v) is 0.727. The Kier molecular flexibility index (Phi) is 6.32. The van der Waals surface area contributed by atoms with E-state index in [0.717, 1.165) is 0 Å². The van der Waals surface area contributed by atoms with Crippen LogP contribution < -0.4 is 0 Å². The van der Waals surface area contributed by atoms with E-state index in [9.17, 15) is 4.79 Å². The molecule has 76 valence electrons. The van der Waals surface area contributed by atoms with Gasteiger partial charge in [-0.25, -0.2) is 4.79 Å². The molecule has 0 unspecified atom stereocenters. The van der Waals surface area contributed by atoms with E-state index in [2.05, 4.69) is 9.99 Å². The Bertz CT molecular complexity index is 191. The number of hydrogen-bond donors (Lipinski definition) is 0. The first-order valence-electron chi connectivity index (χ1n) is 4.33. The van der Waals surface area contributed by atoms with Crippen molar-refractivity contribution in [1.82, 2.24) is 4.90 Å². The molecule has 0 atom stereocenters. The van der Waals surface area contributed by atoms with Crippen LogP contribution in [0.3, 0.4) is 0 Å². The molecular weight excluding hydrogens is 192 g/mol. The second kappa shape index (κ2) is 6.71. The van der Waals surface area contributed by atoms with Crippen LogP contribution in [-0.4, -0.2) is 29.3 Å². The van der Waals surface area contributed by atoms with Crippen LogP contribution in [0.15, 0.2) is 5.16 Å². The summed E-state index contributed by atoms with van der Waals surface area (Å²) in [5, 5.41) is 3.74. The zero-order valence-corrected chi connectivity index (χ0v) is 8.97. The molecule has 4 nitrogen and oxygen atoms in total. The maximum atomic E-state index is 11.2. The van der Waals surface area contributed by atoms with Crippen molar-refractivity contribution in [2.75, 3.05) is 13.1 Å². The number of carbonyl (C=O) groups excluding carboxylic acids is 1. The molecule has 0 spiro atoms. The predicted molar refractivity (Wildman–Crippen MR) is 53.0 cm³/mol. The van der Waals surface area contributed by atoms with Crippen LogP contribution in [0.4, 0.5) is 4.79 Å². The molecule has 0 aromatic carbocycles. The summed E-state index contributed by atoms with van der Waals surface area (Å²) in [5.41, 5.74) is 0. The van der Waals surface area contributed by atoms with Crippen LogP contribution in [-0.2, 0) is 4.84 Å². The lowest BCUT2D eigenvalue weighted by molar-refractivity contribution is 0.109. The zero-order valence-electron chi connectivity index (χ0n) is 8.21. The van der Waals surface area contributed by atoms with E-state index in [4.69, 9.17) is 11.6 Å². The third-order valence-corrected chi connectivity index (χ3v) is 1.87. The second-order valence-electron chi connectivity index (χ2n) is 2.35. The summed E-state index contributed by atoms with van der Waals surface area (Å²) < 4.78 is 0. The summed E-state index contributed by atoms with van der Waals surface area (Å²) in [6.07, 6.45) is 0.101. The number of hydrogen-bond acceptors (Lipinski definition) is 3. The van der Waals surface area contributed by atoms with Gasteiger partial charge in [-0.2, -0.15) is 0 Å². The number of oxime groups is 1. The second-order valence-corrected chi connectivity index (χ2v) is 2.79. The van der Waals surface area contributed by atoms with Crippen molar-refractivity contribution in [1.29, 1.82) is 0 Å². The normalized spacial score (nSPS) is 11.2. The molecule has 0 aliphatic heterocycles. The Labute approximate surface area is 83.5 Å². The van der Waals surface area contributed by atoms with Gasteiger partial charge in [0.05, 0.1) is 0 Å². The van der Waals surface area contributed by atoms with Gasteiger partial charge < -0.3 is 4.90 Å². The van der Waals surface area contributed by atoms with Gasteiger partial charge in [0.25, 0.3) is 0 Å². The minimum Gasteiger partial charge on any atom is -0.307 e. The molecular formula is C8H15ClN2O2. The third-order valence-electron chi connectivity index (χ3n) is 1.54. The Morgan fingerprint density at radius 3 is 2.31 bits per heavy atom. The fraction of sp³-hybridized carbons (Fsp3) is 0.750. The summed E-state index contributed by atoms with van der Waals surface area (Å²) >= 11 is 5.55. The van der Waals surface area contributed by atoms with Crippen LogP contribution in [0.5, 0.6) is 0 Å². The van der Waals surface area contributed by atoms with Crippen molar-refractivity contribution in [2.24, 2.45) is 5.16 Å². The lowest BCUT2D eigenvalue weighted by Crippen LogP contribution is -2.30. The predicted octanol–water partition coefficient (Wildman–Crippen LogP) is 2.43. The van der Waals surface area contributed by atoms with Crippen LogP contribution in [0.1, 0.15) is 27.2 Å². The monoisotopic (exact) mass is 206 g/mol. The molecule has 0 saturated carbocycles. The first-order valence-corrected chi connectivity index (χ1v) is 4.71. The molecule has 1 amide bonds. The van der Waals surface area contributed by atoms with E-state index < -0.39 is 6.09 Å². The molecule has 0 saturated heterocycles. The Hall–Kier alpha value is -0.770. The highest BCUT2D eigenvalue weighted by Gasteiger charge is 2.10. The van der Waals surface area contributed by atoms with E-state index in [-0.39, 0.29) is 0 Å². The summed E-state index contributed by atoms with van der Waals surface area (Å²) in [6.45, 7) is 6.78. The van der Waals surface area contributed by atoms with Gasteiger partial charge in [0.1, 0.15) is 5.17 Å². The standard InChI is InChI=1S/C8H15ClN2O2/c1-4-7(9)10-13-8(12)11(5-2)6-3/h4-6H2,1-3H3/b10-7+. The molecule has 0 aromatic rings. The summed E-state index contributed by atoms with van der Waals surface area (Å²) in [7, 11) is 0. The number of amides is 1. The highest BCUT2D eigenvalue weighted by atomic mass is 35.5. The van der Waals surface area contributed by atoms with Crippen molar-refractivity contribution >= 4 is 22.9 Å².